The van der Waals surface area contributed by atoms with Crippen LogP contribution in [0.5, 0.6) is 5.75 Å². The second-order valence-corrected chi connectivity index (χ2v) is 12.8. The van der Waals surface area contributed by atoms with Gasteiger partial charge in [-0.3, -0.25) is 14.8 Å². The summed E-state index contributed by atoms with van der Waals surface area (Å²) < 4.78 is 26.4. The molecule has 12 nitrogen and oxygen atoms in total. The number of aromatic nitrogens is 4. The van der Waals surface area contributed by atoms with Crippen molar-refractivity contribution in [2.45, 2.75) is 76.9 Å². The molecule has 3 aromatic rings. The van der Waals surface area contributed by atoms with Gasteiger partial charge in [0.2, 0.25) is 0 Å². The normalized spacial score (nSPS) is 22.3. The Hall–Kier alpha value is -2.25. The van der Waals surface area contributed by atoms with Crippen molar-refractivity contribution >= 4 is 55.0 Å². The molecule has 3 N–H and O–H groups in total. The smallest absolute Gasteiger partial charge is 0.318 e. The van der Waals surface area contributed by atoms with Gasteiger partial charge in [0.25, 0.3) is 0 Å². The molecule has 1 aromatic carbocycles. The van der Waals surface area contributed by atoms with Crippen molar-refractivity contribution in [1.82, 2.24) is 29.4 Å². The van der Waals surface area contributed by atoms with Crippen molar-refractivity contribution in [2.75, 3.05) is 18.3 Å². The Morgan fingerprint density at radius 2 is 2.02 bits per heavy atom. The number of fused-ring (bicyclic) bond motifs is 1. The number of nitrogens with zero attached hydrogens (tertiary/aromatic N) is 4. The highest BCUT2D eigenvalue weighted by Crippen LogP contribution is 2.41. The van der Waals surface area contributed by atoms with Gasteiger partial charge in [-0.25, -0.2) is 20.0 Å². The van der Waals surface area contributed by atoms with E-state index in [0.29, 0.717) is 34.4 Å². The first-order valence-electron chi connectivity index (χ1n) is 14.1. The van der Waals surface area contributed by atoms with Gasteiger partial charge in [0.15, 0.2) is 17.0 Å². The lowest BCUT2D eigenvalue weighted by molar-refractivity contribution is -0.149. The van der Waals surface area contributed by atoms with E-state index in [-0.39, 0.29) is 42.8 Å². The summed E-state index contributed by atoms with van der Waals surface area (Å²) in [5, 5.41) is 3.96. The molecular weight excluding hydrogens is 601 g/mol. The summed E-state index contributed by atoms with van der Waals surface area (Å²) in [5.41, 5.74) is 4.37. The lowest BCUT2D eigenvalue weighted by Gasteiger charge is -2.24. The van der Waals surface area contributed by atoms with Crippen molar-refractivity contribution in [3.63, 3.8) is 0 Å². The molecule has 0 radical (unpaired) electrons. The average molecular weight is 638 g/mol. The van der Waals surface area contributed by atoms with Gasteiger partial charge in [-0.05, 0) is 69.5 Å². The molecule has 0 spiro atoms. The number of ether oxygens (including phenoxy) is 2. The number of halogens is 1. The number of carbonyl (C=O) groups is 1. The highest BCUT2D eigenvalue weighted by molar-refractivity contribution is 7.96. The molecule has 3 heterocycles. The topological polar surface area (TPSA) is 134 Å². The Labute approximate surface area is 256 Å². The molecule has 5 atom stereocenters. The average Bonchev–Trinajstić information content (AvgIpc) is 3.72. The van der Waals surface area contributed by atoms with E-state index in [2.05, 4.69) is 37.2 Å². The van der Waals surface area contributed by atoms with Gasteiger partial charge >= 0.3 is 14.5 Å². The van der Waals surface area contributed by atoms with Crippen LogP contribution in [-0.4, -0.2) is 56.6 Å². The number of rotatable bonds is 14. The van der Waals surface area contributed by atoms with Crippen molar-refractivity contribution in [1.29, 1.82) is 0 Å². The Morgan fingerprint density at radius 1 is 1.24 bits per heavy atom. The molecule has 1 aliphatic carbocycles. The van der Waals surface area contributed by atoms with Crippen LogP contribution in [0.1, 0.15) is 58.6 Å². The zero-order valence-corrected chi connectivity index (χ0v) is 26.3. The SMILES string of the molecule is CSNNc1ncnc2c1ncn2C1OC(COP(NC(C)CC(=O)OC2CCCC2)Oc2ccc(Cl)cc2)CC1C. The number of nitrogens with one attached hydrogen (secondary N) is 3. The van der Waals surface area contributed by atoms with Gasteiger partial charge in [-0.2, -0.15) is 4.83 Å². The highest BCUT2D eigenvalue weighted by atomic mass is 35.5. The summed E-state index contributed by atoms with van der Waals surface area (Å²) in [4.78, 5) is 28.8. The second-order valence-electron chi connectivity index (χ2n) is 10.6. The number of anilines is 1. The second kappa shape index (κ2) is 15.0. The summed E-state index contributed by atoms with van der Waals surface area (Å²) in [6.45, 7) is 4.36. The number of hydrogen-bond donors (Lipinski definition) is 3. The van der Waals surface area contributed by atoms with Gasteiger partial charge < -0.3 is 18.5 Å². The third-order valence-corrected chi connectivity index (χ3v) is 9.11. The molecule has 0 bridgehead atoms. The lowest BCUT2D eigenvalue weighted by atomic mass is 10.1. The molecular formula is C27H37ClN7O5PS. The van der Waals surface area contributed by atoms with E-state index in [0.717, 1.165) is 32.1 Å². The van der Waals surface area contributed by atoms with Gasteiger partial charge in [0, 0.05) is 17.0 Å². The van der Waals surface area contributed by atoms with E-state index in [1.54, 1.807) is 30.6 Å². The third-order valence-electron chi connectivity index (χ3n) is 7.14. The minimum Gasteiger partial charge on any atom is -0.462 e. The van der Waals surface area contributed by atoms with Crippen LogP contribution in [-0.2, 0) is 18.8 Å². The molecule has 2 fully saturated rings. The standard InChI is InChI=1S/C27H37ClN7O5PS/c1-17-12-22(39-27(17)35-16-31-24-25(32-34-42-3)29-15-30-26(24)35)14-37-41(40-21-10-8-19(28)9-11-21)33-18(2)13-23(36)38-20-6-4-5-7-20/h8-11,15-18,20,22,27,33-34H,4-7,12-14H2,1-3H3,(H,29,30,32). The van der Waals surface area contributed by atoms with Crippen LogP contribution in [0.2, 0.25) is 5.02 Å². The Bertz CT molecular complexity index is 1320. The molecule has 1 saturated carbocycles. The Morgan fingerprint density at radius 3 is 2.79 bits per heavy atom. The molecule has 2 aliphatic rings. The van der Waals surface area contributed by atoms with E-state index < -0.39 is 8.53 Å². The van der Waals surface area contributed by atoms with Crippen LogP contribution in [0, 0.1) is 5.92 Å². The van der Waals surface area contributed by atoms with Crippen LogP contribution >= 0.6 is 32.1 Å². The quantitative estimate of drug-likeness (QED) is 0.0857. The molecule has 1 aliphatic heterocycles. The van der Waals surface area contributed by atoms with Crippen molar-refractivity contribution in [3.8, 4) is 5.75 Å². The molecule has 5 rings (SSSR count). The third kappa shape index (κ3) is 8.22. The summed E-state index contributed by atoms with van der Waals surface area (Å²) in [6.07, 6.45) is 9.86. The van der Waals surface area contributed by atoms with E-state index >= 15 is 0 Å². The number of esters is 1. The molecule has 1 saturated heterocycles. The maximum atomic E-state index is 12.5. The monoisotopic (exact) mass is 637 g/mol. The summed E-state index contributed by atoms with van der Waals surface area (Å²) in [5.74, 6) is 1.18. The predicted octanol–water partition coefficient (Wildman–Crippen LogP) is 5.77. The fraction of sp³-hybridized carbons (Fsp3) is 0.556. The first-order chi connectivity index (χ1) is 20.4. The Kier molecular flexibility index (Phi) is 11.1. The van der Waals surface area contributed by atoms with Crippen LogP contribution < -0.4 is 19.9 Å². The molecule has 5 unspecified atom stereocenters. The number of hydrazine groups is 1. The van der Waals surface area contributed by atoms with Gasteiger partial charge in [-0.15, -0.1) is 0 Å². The summed E-state index contributed by atoms with van der Waals surface area (Å²) in [7, 11) is -1.60. The lowest BCUT2D eigenvalue weighted by Crippen LogP contribution is -2.29. The van der Waals surface area contributed by atoms with Crippen LogP contribution in [0.25, 0.3) is 11.2 Å². The number of carbonyl (C=O) groups excluding carboxylic acids is 1. The van der Waals surface area contributed by atoms with Gasteiger partial charge in [0.1, 0.15) is 24.4 Å². The largest absolute Gasteiger partial charge is 0.462 e. The van der Waals surface area contributed by atoms with E-state index in [1.807, 2.05) is 17.7 Å². The van der Waals surface area contributed by atoms with Crippen molar-refractivity contribution < 1.29 is 23.3 Å². The van der Waals surface area contributed by atoms with E-state index in [9.17, 15) is 4.79 Å². The molecule has 15 heteroatoms. The van der Waals surface area contributed by atoms with E-state index in [1.165, 1.54) is 18.3 Å². The fourth-order valence-corrected chi connectivity index (χ4v) is 6.71. The Balaban J connectivity index is 1.20. The van der Waals surface area contributed by atoms with Crippen LogP contribution in [0.3, 0.4) is 0 Å². The molecule has 42 heavy (non-hydrogen) atoms. The first-order valence-corrected chi connectivity index (χ1v) is 16.9. The number of benzene rings is 1. The minimum atomic E-state index is -1.60. The van der Waals surface area contributed by atoms with Crippen molar-refractivity contribution in [2.24, 2.45) is 5.92 Å². The number of imidazole rings is 1. The predicted molar refractivity (Wildman–Crippen MR) is 164 cm³/mol. The van der Waals surface area contributed by atoms with Gasteiger partial charge in [-0.1, -0.05) is 30.5 Å². The minimum absolute atomic E-state index is 0.0381. The molecule has 0 amide bonds. The van der Waals surface area contributed by atoms with Crippen LogP contribution in [0.15, 0.2) is 36.9 Å². The van der Waals surface area contributed by atoms with E-state index in [4.69, 9.17) is 30.1 Å². The molecule has 2 aromatic heterocycles. The zero-order valence-electron chi connectivity index (χ0n) is 23.9. The first kappa shape index (κ1) is 31.2. The van der Waals surface area contributed by atoms with Gasteiger partial charge in [0.05, 0.1) is 25.5 Å². The molecule has 228 valence electrons. The fourth-order valence-electron chi connectivity index (χ4n) is 5.14. The number of hydrogen-bond acceptors (Lipinski definition) is 12. The maximum Gasteiger partial charge on any atom is 0.318 e. The zero-order chi connectivity index (χ0) is 29.5. The summed E-state index contributed by atoms with van der Waals surface area (Å²) >= 11 is 7.48. The van der Waals surface area contributed by atoms with Crippen molar-refractivity contribution in [3.05, 3.63) is 41.9 Å². The highest BCUT2D eigenvalue weighted by Gasteiger charge is 2.36. The van der Waals surface area contributed by atoms with Crippen LogP contribution in [0.4, 0.5) is 5.82 Å². The summed E-state index contributed by atoms with van der Waals surface area (Å²) in [6, 6.07) is 6.88. The maximum absolute atomic E-state index is 12.5.